The molecule has 0 spiro atoms. The Morgan fingerprint density at radius 2 is 1.67 bits per heavy atom. The Morgan fingerprint density at radius 3 is 2.05 bits per heavy atom. The Bertz CT molecular complexity index is 369. The number of esters is 1. The quantitative estimate of drug-likeness (QED) is 0.661. The molecular weight excluding hydrogens is 272 g/mol. The molecule has 0 heterocycles. The van der Waals surface area contributed by atoms with Crippen molar-refractivity contribution < 1.29 is 19.1 Å². The summed E-state index contributed by atoms with van der Waals surface area (Å²) in [6, 6.07) is -1.34. The summed E-state index contributed by atoms with van der Waals surface area (Å²) in [5.41, 5.74) is 0. The summed E-state index contributed by atoms with van der Waals surface area (Å²) >= 11 is 0. The highest BCUT2D eigenvalue weighted by Gasteiger charge is 2.30. The van der Waals surface area contributed by atoms with Crippen molar-refractivity contribution in [2.24, 2.45) is 11.8 Å². The van der Waals surface area contributed by atoms with E-state index in [-0.39, 0.29) is 23.7 Å². The van der Waals surface area contributed by atoms with E-state index >= 15 is 0 Å². The van der Waals surface area contributed by atoms with Gasteiger partial charge in [-0.05, 0) is 18.3 Å². The average molecular weight is 300 g/mol. The minimum atomic E-state index is -0.698. The zero-order chi connectivity index (χ0) is 16.6. The Balaban J connectivity index is 4.96. The van der Waals surface area contributed by atoms with Gasteiger partial charge in [0, 0.05) is 6.92 Å². The van der Waals surface area contributed by atoms with E-state index in [0.717, 1.165) is 6.42 Å². The SMILES string of the molecule is CC[C@H](C)[C@H](NC(=O)[C@H](CC(C)C)NC(C)=O)C(=O)OC. The fourth-order valence-electron chi connectivity index (χ4n) is 2.00. The van der Waals surface area contributed by atoms with E-state index in [4.69, 9.17) is 4.74 Å². The first-order valence-corrected chi connectivity index (χ1v) is 7.38. The molecule has 2 N–H and O–H groups in total. The van der Waals surface area contributed by atoms with Gasteiger partial charge in [-0.2, -0.15) is 0 Å². The predicted octanol–water partition coefficient (Wildman–Crippen LogP) is 1.24. The normalized spacial score (nSPS) is 15.0. The number of hydrogen-bond donors (Lipinski definition) is 2. The van der Waals surface area contributed by atoms with Crippen molar-refractivity contribution in [2.75, 3.05) is 7.11 Å². The molecule has 0 bridgehead atoms. The first-order valence-electron chi connectivity index (χ1n) is 7.38. The third-order valence-corrected chi connectivity index (χ3v) is 3.37. The van der Waals surface area contributed by atoms with E-state index in [0.29, 0.717) is 6.42 Å². The molecule has 0 fully saturated rings. The average Bonchev–Trinajstić information content (AvgIpc) is 2.41. The van der Waals surface area contributed by atoms with Gasteiger partial charge in [0.25, 0.3) is 0 Å². The van der Waals surface area contributed by atoms with Crippen molar-refractivity contribution in [3.05, 3.63) is 0 Å². The maximum absolute atomic E-state index is 12.3. The third kappa shape index (κ3) is 7.11. The Morgan fingerprint density at radius 1 is 1.10 bits per heavy atom. The molecule has 2 amide bonds. The van der Waals surface area contributed by atoms with Crippen molar-refractivity contribution in [1.29, 1.82) is 0 Å². The van der Waals surface area contributed by atoms with Crippen LogP contribution in [0.1, 0.15) is 47.5 Å². The lowest BCUT2D eigenvalue weighted by molar-refractivity contribution is -0.147. The molecule has 122 valence electrons. The van der Waals surface area contributed by atoms with Crippen LogP contribution < -0.4 is 10.6 Å². The van der Waals surface area contributed by atoms with Gasteiger partial charge in [-0.15, -0.1) is 0 Å². The zero-order valence-corrected chi connectivity index (χ0v) is 13.9. The Labute approximate surface area is 127 Å². The van der Waals surface area contributed by atoms with Crippen LogP contribution in [0, 0.1) is 11.8 Å². The topological polar surface area (TPSA) is 84.5 Å². The summed E-state index contributed by atoms with van der Waals surface area (Å²) in [5, 5.41) is 5.33. The lowest BCUT2D eigenvalue weighted by atomic mass is 9.97. The second-order valence-corrected chi connectivity index (χ2v) is 5.78. The van der Waals surface area contributed by atoms with E-state index in [9.17, 15) is 14.4 Å². The fourth-order valence-corrected chi connectivity index (χ4v) is 2.00. The first kappa shape index (κ1) is 19.4. The molecular formula is C15H28N2O4. The van der Waals surface area contributed by atoms with Gasteiger partial charge in [-0.1, -0.05) is 34.1 Å². The van der Waals surface area contributed by atoms with E-state index in [2.05, 4.69) is 10.6 Å². The summed E-state index contributed by atoms with van der Waals surface area (Å²) in [6.45, 7) is 9.11. The molecule has 0 unspecified atom stereocenters. The van der Waals surface area contributed by atoms with Crippen molar-refractivity contribution >= 4 is 17.8 Å². The molecule has 21 heavy (non-hydrogen) atoms. The zero-order valence-electron chi connectivity index (χ0n) is 13.9. The van der Waals surface area contributed by atoms with Gasteiger partial charge in [0.1, 0.15) is 12.1 Å². The van der Waals surface area contributed by atoms with Crippen molar-refractivity contribution in [1.82, 2.24) is 10.6 Å². The van der Waals surface area contributed by atoms with Gasteiger partial charge >= 0.3 is 5.97 Å². The van der Waals surface area contributed by atoms with Crippen LogP contribution in [0.2, 0.25) is 0 Å². The molecule has 0 aromatic rings. The lowest BCUT2D eigenvalue weighted by Gasteiger charge is -2.25. The van der Waals surface area contributed by atoms with Crippen LogP contribution in [0.4, 0.5) is 0 Å². The van der Waals surface area contributed by atoms with Crippen LogP contribution in [0.25, 0.3) is 0 Å². The molecule has 0 aliphatic carbocycles. The summed E-state index contributed by atoms with van der Waals surface area (Å²) in [6.07, 6.45) is 1.24. The minimum absolute atomic E-state index is 0.0431. The molecule has 0 aromatic carbocycles. The van der Waals surface area contributed by atoms with Gasteiger partial charge in [0.15, 0.2) is 0 Å². The molecule has 0 aliphatic rings. The Hall–Kier alpha value is -1.59. The van der Waals surface area contributed by atoms with Gasteiger partial charge in [-0.3, -0.25) is 9.59 Å². The predicted molar refractivity (Wildman–Crippen MR) is 80.5 cm³/mol. The molecule has 0 saturated heterocycles. The minimum Gasteiger partial charge on any atom is -0.467 e. The van der Waals surface area contributed by atoms with Gasteiger partial charge in [-0.25, -0.2) is 4.79 Å². The monoisotopic (exact) mass is 300 g/mol. The van der Waals surface area contributed by atoms with E-state index in [1.54, 1.807) is 0 Å². The molecule has 0 radical (unpaired) electrons. The molecule has 0 aliphatic heterocycles. The third-order valence-electron chi connectivity index (χ3n) is 3.37. The number of rotatable bonds is 8. The highest BCUT2D eigenvalue weighted by atomic mass is 16.5. The second kappa shape index (κ2) is 9.37. The van der Waals surface area contributed by atoms with Crippen LogP contribution in [0.5, 0.6) is 0 Å². The highest BCUT2D eigenvalue weighted by molar-refractivity contribution is 5.90. The molecule has 0 rings (SSSR count). The van der Waals surface area contributed by atoms with Crippen LogP contribution in [0.15, 0.2) is 0 Å². The standard InChI is InChI=1S/C15H28N2O4/c1-7-10(4)13(15(20)21-6)17-14(19)12(8-9(2)3)16-11(5)18/h9-10,12-13H,7-8H2,1-6H3,(H,16,18)(H,17,19)/t10-,12-,13-/m0/s1. The van der Waals surface area contributed by atoms with Crippen LogP contribution in [0.3, 0.4) is 0 Å². The molecule has 0 saturated carbocycles. The van der Waals surface area contributed by atoms with Gasteiger partial charge in [0.2, 0.25) is 11.8 Å². The van der Waals surface area contributed by atoms with Crippen LogP contribution >= 0.6 is 0 Å². The molecule has 0 aromatic heterocycles. The first-order chi connectivity index (χ1) is 9.72. The van der Waals surface area contributed by atoms with Gasteiger partial charge in [0.05, 0.1) is 7.11 Å². The number of methoxy groups -OCH3 is 1. The number of carbonyl (C=O) groups excluding carboxylic acids is 3. The molecule has 6 heteroatoms. The van der Waals surface area contributed by atoms with E-state index in [1.165, 1.54) is 14.0 Å². The maximum Gasteiger partial charge on any atom is 0.328 e. The second-order valence-electron chi connectivity index (χ2n) is 5.78. The van der Waals surface area contributed by atoms with Crippen LogP contribution in [-0.4, -0.2) is 37.0 Å². The number of hydrogen-bond acceptors (Lipinski definition) is 4. The Kier molecular flexibility index (Phi) is 8.66. The summed E-state index contributed by atoms with van der Waals surface area (Å²) in [4.78, 5) is 35.3. The molecule has 6 nitrogen and oxygen atoms in total. The van der Waals surface area contributed by atoms with Gasteiger partial charge < -0.3 is 15.4 Å². The molecule has 3 atom stereocenters. The van der Waals surface area contributed by atoms with Crippen molar-refractivity contribution in [3.8, 4) is 0 Å². The van der Waals surface area contributed by atoms with E-state index < -0.39 is 18.1 Å². The fraction of sp³-hybridized carbons (Fsp3) is 0.800. The number of amides is 2. The maximum atomic E-state index is 12.3. The number of nitrogens with one attached hydrogen (secondary N) is 2. The summed E-state index contributed by atoms with van der Waals surface area (Å²) < 4.78 is 4.74. The summed E-state index contributed by atoms with van der Waals surface area (Å²) in [5.74, 6) is -0.890. The van der Waals surface area contributed by atoms with Crippen molar-refractivity contribution in [3.63, 3.8) is 0 Å². The smallest absolute Gasteiger partial charge is 0.328 e. The van der Waals surface area contributed by atoms with E-state index in [1.807, 2.05) is 27.7 Å². The van der Waals surface area contributed by atoms with Crippen LogP contribution in [-0.2, 0) is 19.1 Å². The number of carbonyl (C=O) groups is 3. The van der Waals surface area contributed by atoms with Crippen molar-refractivity contribution in [2.45, 2.75) is 59.5 Å². The largest absolute Gasteiger partial charge is 0.467 e. The lowest BCUT2D eigenvalue weighted by Crippen LogP contribution is -2.53. The highest BCUT2D eigenvalue weighted by Crippen LogP contribution is 2.11. The number of ether oxygens (including phenoxy) is 1. The summed E-state index contributed by atoms with van der Waals surface area (Å²) in [7, 11) is 1.29.